The van der Waals surface area contributed by atoms with E-state index in [0.717, 1.165) is 54.9 Å². The SMILES string of the molecule is CN=c1sc(C=c2ccc3c(c2)C=CN=3)c(O)n1-c1cccc(COc2ccc(N=c3sc(C=c4ccc5c(c4)C=CN=5)c(O)n3-c3ccccc3)cc2)c1. The van der Waals surface area contributed by atoms with E-state index in [-0.39, 0.29) is 11.8 Å². The predicted molar refractivity (Wildman–Crippen MR) is 218 cm³/mol. The normalized spacial score (nSPS) is 14.0. The average molecular weight is 757 g/mol. The molecule has 7 aromatic rings. The maximum absolute atomic E-state index is 11.4. The first kappa shape index (κ1) is 34.0. The van der Waals surface area contributed by atoms with E-state index >= 15 is 0 Å². The van der Waals surface area contributed by atoms with Gasteiger partial charge in [0.1, 0.15) is 12.4 Å². The van der Waals surface area contributed by atoms with Crippen LogP contribution in [0.1, 0.15) is 26.4 Å². The number of fused-ring (bicyclic) bond motifs is 2. The van der Waals surface area contributed by atoms with Gasteiger partial charge in [-0.3, -0.25) is 24.1 Å². The van der Waals surface area contributed by atoms with E-state index in [1.165, 1.54) is 22.7 Å². The number of para-hydroxylation sites is 1. The van der Waals surface area contributed by atoms with Crippen LogP contribution in [-0.4, -0.2) is 26.4 Å². The minimum Gasteiger partial charge on any atom is -0.493 e. The van der Waals surface area contributed by atoms with Gasteiger partial charge in [0.2, 0.25) is 11.8 Å². The van der Waals surface area contributed by atoms with Crippen molar-refractivity contribution in [1.29, 1.82) is 0 Å². The molecule has 11 heteroatoms. The molecule has 2 aliphatic rings. The van der Waals surface area contributed by atoms with Crippen LogP contribution in [0.5, 0.6) is 17.5 Å². The maximum Gasteiger partial charge on any atom is 0.215 e. The number of rotatable bonds is 8. The van der Waals surface area contributed by atoms with Crippen LogP contribution in [0.4, 0.5) is 5.69 Å². The molecule has 0 unspecified atom stereocenters. The third-order valence-corrected chi connectivity index (χ3v) is 11.2. The lowest BCUT2D eigenvalue weighted by molar-refractivity contribution is 0.306. The number of aromatic hydroxyl groups is 2. The van der Waals surface area contributed by atoms with E-state index in [9.17, 15) is 10.2 Å². The Morgan fingerprint density at radius 1 is 0.655 bits per heavy atom. The third kappa shape index (κ3) is 6.90. The summed E-state index contributed by atoms with van der Waals surface area (Å²) in [6.07, 6.45) is 11.5. The lowest BCUT2D eigenvalue weighted by Gasteiger charge is -2.10. The maximum atomic E-state index is 11.4. The molecule has 0 spiro atoms. The monoisotopic (exact) mass is 756 g/mol. The Kier molecular flexibility index (Phi) is 8.98. The molecule has 0 saturated carbocycles. The molecule has 0 bridgehead atoms. The summed E-state index contributed by atoms with van der Waals surface area (Å²) in [4.78, 5) is 20.8. The Morgan fingerprint density at radius 3 is 1.89 bits per heavy atom. The van der Waals surface area contributed by atoms with E-state index in [0.29, 0.717) is 31.7 Å². The number of nitrogens with zero attached hydrogens (tertiary/aromatic N) is 6. The smallest absolute Gasteiger partial charge is 0.215 e. The highest BCUT2D eigenvalue weighted by Crippen LogP contribution is 2.28. The van der Waals surface area contributed by atoms with Gasteiger partial charge in [0.25, 0.3) is 0 Å². The highest BCUT2D eigenvalue weighted by molar-refractivity contribution is 7.10. The zero-order valence-corrected chi connectivity index (χ0v) is 31.1. The van der Waals surface area contributed by atoms with Crippen molar-refractivity contribution in [3.8, 4) is 28.9 Å². The summed E-state index contributed by atoms with van der Waals surface area (Å²) in [5.41, 5.74) is 5.35. The van der Waals surface area contributed by atoms with E-state index in [4.69, 9.17) is 9.73 Å². The fourth-order valence-corrected chi connectivity index (χ4v) is 8.39. The molecule has 9 nitrogen and oxygen atoms in total. The van der Waals surface area contributed by atoms with E-state index in [1.54, 1.807) is 28.6 Å². The van der Waals surface area contributed by atoms with Gasteiger partial charge in [-0.25, -0.2) is 4.99 Å². The Morgan fingerprint density at radius 2 is 1.25 bits per heavy atom. The van der Waals surface area contributed by atoms with Crippen molar-refractivity contribution >= 4 is 52.7 Å². The molecule has 9 rings (SSSR count). The highest BCUT2D eigenvalue weighted by atomic mass is 32.1. The van der Waals surface area contributed by atoms with Crippen molar-refractivity contribution in [1.82, 2.24) is 9.13 Å². The third-order valence-electron chi connectivity index (χ3n) is 9.12. The first-order chi connectivity index (χ1) is 27.0. The van der Waals surface area contributed by atoms with Crippen LogP contribution in [0.3, 0.4) is 0 Å². The Hall–Kier alpha value is -6.82. The van der Waals surface area contributed by atoms with Gasteiger partial charge in [-0.15, -0.1) is 0 Å². The fraction of sp³-hybridized carbons (Fsp3) is 0.0455. The van der Waals surface area contributed by atoms with Crippen molar-refractivity contribution in [2.24, 2.45) is 20.0 Å². The largest absolute Gasteiger partial charge is 0.493 e. The zero-order chi connectivity index (χ0) is 37.3. The molecule has 0 aliphatic carbocycles. The summed E-state index contributed by atoms with van der Waals surface area (Å²) >= 11 is 2.83. The molecule has 268 valence electrons. The Balaban J connectivity index is 0.962. The molecule has 2 aliphatic heterocycles. The van der Waals surface area contributed by atoms with Crippen molar-refractivity contribution in [3.05, 3.63) is 185 Å². The second-order valence-electron chi connectivity index (χ2n) is 12.8. The van der Waals surface area contributed by atoms with Gasteiger partial charge in [0, 0.05) is 30.6 Å². The average Bonchev–Trinajstić information content (AvgIpc) is 4.01. The highest BCUT2D eigenvalue weighted by Gasteiger charge is 2.15. The van der Waals surface area contributed by atoms with Gasteiger partial charge in [-0.2, -0.15) is 0 Å². The predicted octanol–water partition coefficient (Wildman–Crippen LogP) is 6.01. The molecule has 4 heterocycles. The Bertz CT molecular complexity index is 3080. The molecule has 55 heavy (non-hydrogen) atoms. The van der Waals surface area contributed by atoms with Gasteiger partial charge < -0.3 is 14.9 Å². The summed E-state index contributed by atoms with van der Waals surface area (Å²) < 4.78 is 9.72. The molecule has 5 aromatic carbocycles. The standard InChI is InChI=1S/C44H32N6O3S2/c1-45-43-50(42(52)39(54-43)25-28-10-16-37-31(22-28)18-20-46-37)35-9-5-6-30(24-35)27-53-36-14-12-33(13-15-36)48-44-49(34-7-3-2-4-8-34)41(51)40(55-44)26-29-11-17-38-32(23-29)19-21-47-38/h2-26,51-52H,27H2,1H3. The van der Waals surface area contributed by atoms with E-state index < -0.39 is 0 Å². The van der Waals surface area contributed by atoms with Crippen LogP contribution in [0, 0.1) is 0 Å². The fourth-order valence-electron chi connectivity index (χ4n) is 6.44. The van der Waals surface area contributed by atoms with E-state index in [2.05, 4.69) is 27.1 Å². The van der Waals surface area contributed by atoms with E-state index in [1.807, 2.05) is 127 Å². The lowest BCUT2D eigenvalue weighted by atomic mass is 10.2. The summed E-state index contributed by atoms with van der Waals surface area (Å²) in [6.45, 7) is 0.319. The molecule has 2 aromatic heterocycles. The minimum atomic E-state index is 0.120. The van der Waals surface area contributed by atoms with Crippen LogP contribution < -0.4 is 35.5 Å². The lowest BCUT2D eigenvalue weighted by Crippen LogP contribution is -2.12. The number of hydrogen-bond acceptors (Lipinski definition) is 9. The quantitative estimate of drug-likeness (QED) is 0.198. The van der Waals surface area contributed by atoms with Crippen molar-refractivity contribution in [2.45, 2.75) is 6.61 Å². The Labute approximate surface area is 322 Å². The van der Waals surface area contributed by atoms with Gasteiger partial charge in [0.15, 0.2) is 9.60 Å². The molecule has 0 fully saturated rings. The van der Waals surface area contributed by atoms with Crippen molar-refractivity contribution in [2.75, 3.05) is 7.05 Å². The van der Waals surface area contributed by atoms with Gasteiger partial charge in [0.05, 0.1) is 37.5 Å². The summed E-state index contributed by atoms with van der Waals surface area (Å²) in [7, 11) is 1.72. The number of thiazole rings is 2. The summed E-state index contributed by atoms with van der Waals surface area (Å²) in [5.74, 6) is 0.928. The topological polar surface area (TPSA) is 109 Å². The zero-order valence-electron chi connectivity index (χ0n) is 29.4. The molecule has 0 radical (unpaired) electrons. The van der Waals surface area contributed by atoms with Crippen LogP contribution in [-0.2, 0) is 6.61 Å². The van der Waals surface area contributed by atoms with Crippen LogP contribution in [0.15, 0.2) is 148 Å². The number of ether oxygens (including phenoxy) is 1. The molecule has 0 atom stereocenters. The first-order valence-electron chi connectivity index (χ1n) is 17.5. The van der Waals surface area contributed by atoms with Gasteiger partial charge in [-0.05, 0) is 113 Å². The summed E-state index contributed by atoms with van der Waals surface area (Å²) in [6, 6.07) is 37.2. The van der Waals surface area contributed by atoms with Crippen molar-refractivity contribution in [3.63, 3.8) is 0 Å². The molecule has 0 saturated heterocycles. The van der Waals surface area contributed by atoms with Gasteiger partial charge >= 0.3 is 0 Å². The molecular weight excluding hydrogens is 725 g/mol. The molecule has 0 amide bonds. The number of hydrogen-bond donors (Lipinski definition) is 2. The van der Waals surface area contributed by atoms with Crippen molar-refractivity contribution < 1.29 is 14.9 Å². The van der Waals surface area contributed by atoms with Gasteiger partial charge in [-0.1, -0.05) is 65.1 Å². The molecular formula is C44H32N6O3S2. The van der Waals surface area contributed by atoms with Crippen LogP contribution >= 0.6 is 22.7 Å². The van der Waals surface area contributed by atoms with Crippen LogP contribution in [0.2, 0.25) is 0 Å². The van der Waals surface area contributed by atoms with Crippen LogP contribution in [0.25, 0.3) is 35.7 Å². The second kappa shape index (κ2) is 14.5. The number of aromatic nitrogens is 2. The first-order valence-corrected chi connectivity index (χ1v) is 19.1. The minimum absolute atomic E-state index is 0.120. The number of benzene rings is 5. The second-order valence-corrected chi connectivity index (χ2v) is 14.8. The molecule has 2 N–H and O–H groups in total. The summed E-state index contributed by atoms with van der Waals surface area (Å²) in [5, 5.41) is 26.6.